The van der Waals surface area contributed by atoms with E-state index in [1.807, 2.05) is 49.4 Å². The molecule has 2 aromatic carbocycles. The molecule has 5 nitrogen and oxygen atoms in total. The average molecular weight is 400 g/mol. The molecule has 0 amide bonds. The molecule has 5 rings (SSSR count). The van der Waals surface area contributed by atoms with Gasteiger partial charge in [0, 0.05) is 17.7 Å². The summed E-state index contributed by atoms with van der Waals surface area (Å²) in [6.07, 6.45) is 2.68. The van der Waals surface area contributed by atoms with E-state index < -0.39 is 6.04 Å². The molecule has 0 spiro atoms. The lowest BCUT2D eigenvalue weighted by atomic mass is 9.73. The van der Waals surface area contributed by atoms with Crippen LogP contribution in [0, 0.1) is 12.3 Å². The lowest BCUT2D eigenvalue weighted by molar-refractivity contribution is -0.118. The third kappa shape index (κ3) is 3.02. The van der Waals surface area contributed by atoms with Crippen LogP contribution in [0.2, 0.25) is 0 Å². The number of hydrogen-bond acceptors (Lipinski definition) is 5. The number of rotatable bonds is 1. The molecule has 1 aromatic heterocycles. The number of allylic oxidation sites excluding steroid dienone is 1. The van der Waals surface area contributed by atoms with Crippen LogP contribution in [0.1, 0.15) is 43.9 Å². The quantitative estimate of drug-likeness (QED) is 0.578. The van der Waals surface area contributed by atoms with Crippen LogP contribution in [0.5, 0.6) is 0 Å². The Morgan fingerprint density at radius 3 is 2.60 bits per heavy atom. The summed E-state index contributed by atoms with van der Waals surface area (Å²) < 4.78 is 5.82. The molecule has 1 aliphatic carbocycles. The van der Waals surface area contributed by atoms with Gasteiger partial charge in [0.15, 0.2) is 11.2 Å². The molecular weight excluding hydrogens is 376 g/mol. The number of Topliss-reactive ketones (excluding diaryl/α,β-unsaturated/α-hetero) is 1. The highest BCUT2D eigenvalue weighted by Gasteiger charge is 2.39. The van der Waals surface area contributed by atoms with Crippen LogP contribution in [-0.4, -0.2) is 5.78 Å². The van der Waals surface area contributed by atoms with Crippen molar-refractivity contribution in [2.45, 2.75) is 39.7 Å². The largest absolute Gasteiger partial charge is 0.464 e. The fourth-order valence-corrected chi connectivity index (χ4v) is 4.58. The van der Waals surface area contributed by atoms with Crippen molar-refractivity contribution in [3.8, 4) is 0 Å². The Kier molecular flexibility index (Phi) is 4.10. The third-order valence-electron chi connectivity index (χ3n) is 5.99. The number of hydrogen-bond donors (Lipinski definition) is 2. The van der Waals surface area contributed by atoms with E-state index in [4.69, 9.17) is 4.42 Å². The van der Waals surface area contributed by atoms with Crippen molar-refractivity contribution in [1.82, 2.24) is 0 Å². The smallest absolute Gasteiger partial charge is 0.198 e. The van der Waals surface area contributed by atoms with Crippen LogP contribution in [0.4, 0.5) is 11.4 Å². The summed E-state index contributed by atoms with van der Waals surface area (Å²) in [6, 6.07) is 12.8. The second-order valence-corrected chi connectivity index (χ2v) is 9.10. The third-order valence-corrected chi connectivity index (χ3v) is 5.99. The summed E-state index contributed by atoms with van der Waals surface area (Å²) in [6.45, 7) is 6.15. The number of ketones is 1. The molecule has 0 saturated carbocycles. The maximum atomic E-state index is 13.5. The maximum Gasteiger partial charge on any atom is 0.198 e. The van der Waals surface area contributed by atoms with E-state index in [-0.39, 0.29) is 16.6 Å². The molecule has 0 unspecified atom stereocenters. The van der Waals surface area contributed by atoms with Gasteiger partial charge in [0.2, 0.25) is 0 Å². The number of carbonyl (C=O) groups excluding carboxylic acids is 1. The van der Waals surface area contributed by atoms with Gasteiger partial charge in [0.05, 0.1) is 28.4 Å². The molecule has 3 aromatic rings. The Balaban J connectivity index is 1.75. The lowest BCUT2D eigenvalue weighted by Gasteiger charge is -2.33. The molecule has 2 N–H and O–H groups in total. The van der Waals surface area contributed by atoms with Crippen molar-refractivity contribution in [2.75, 3.05) is 10.6 Å². The predicted octanol–water partition coefficient (Wildman–Crippen LogP) is 5.32. The van der Waals surface area contributed by atoms with Crippen LogP contribution in [0.25, 0.3) is 11.0 Å². The van der Waals surface area contributed by atoms with E-state index >= 15 is 0 Å². The fraction of sp³-hybridized carbons (Fsp3) is 0.280. The van der Waals surface area contributed by atoms with E-state index in [1.54, 1.807) is 0 Å². The van der Waals surface area contributed by atoms with Crippen molar-refractivity contribution in [2.24, 2.45) is 5.41 Å². The average Bonchev–Trinajstić information content (AvgIpc) is 2.84. The van der Waals surface area contributed by atoms with Gasteiger partial charge in [-0.2, -0.15) is 0 Å². The molecule has 0 fully saturated rings. The van der Waals surface area contributed by atoms with Gasteiger partial charge in [-0.3, -0.25) is 9.59 Å². The molecule has 1 atom stereocenters. The van der Waals surface area contributed by atoms with E-state index in [0.29, 0.717) is 28.5 Å². The van der Waals surface area contributed by atoms with Crippen molar-refractivity contribution in [3.63, 3.8) is 0 Å². The highest BCUT2D eigenvalue weighted by atomic mass is 16.3. The summed E-state index contributed by atoms with van der Waals surface area (Å²) in [5.41, 5.74) is 5.00. The van der Waals surface area contributed by atoms with Crippen LogP contribution in [-0.2, 0) is 4.79 Å². The molecule has 1 aliphatic heterocycles. The number of para-hydroxylation sites is 2. The first-order valence-electron chi connectivity index (χ1n) is 10.2. The number of anilines is 2. The monoisotopic (exact) mass is 400 g/mol. The minimum atomic E-state index is -0.569. The first kappa shape index (κ1) is 18.7. The Morgan fingerprint density at radius 1 is 1.03 bits per heavy atom. The van der Waals surface area contributed by atoms with Crippen LogP contribution in [0.15, 0.2) is 69.2 Å². The van der Waals surface area contributed by atoms with Crippen LogP contribution >= 0.6 is 0 Å². The van der Waals surface area contributed by atoms with Gasteiger partial charge >= 0.3 is 0 Å². The van der Waals surface area contributed by atoms with Crippen LogP contribution in [0.3, 0.4) is 0 Å². The van der Waals surface area contributed by atoms with Gasteiger partial charge < -0.3 is 15.1 Å². The number of nitrogens with one attached hydrogen (secondary N) is 2. The van der Waals surface area contributed by atoms with Gasteiger partial charge in [-0.05, 0) is 43.0 Å². The summed E-state index contributed by atoms with van der Waals surface area (Å²) in [5.74, 6) is 0.0581. The number of fused-ring (bicyclic) bond motifs is 2. The topological polar surface area (TPSA) is 71.3 Å². The zero-order valence-corrected chi connectivity index (χ0v) is 17.3. The zero-order chi connectivity index (χ0) is 21.0. The first-order valence-corrected chi connectivity index (χ1v) is 10.2. The van der Waals surface area contributed by atoms with E-state index in [1.165, 1.54) is 6.26 Å². The van der Waals surface area contributed by atoms with E-state index in [2.05, 4.69) is 24.5 Å². The highest BCUT2D eigenvalue weighted by molar-refractivity contribution is 6.01. The zero-order valence-electron chi connectivity index (χ0n) is 17.3. The normalized spacial score (nSPS) is 20.1. The number of benzene rings is 2. The predicted molar refractivity (Wildman–Crippen MR) is 119 cm³/mol. The second kappa shape index (κ2) is 6.59. The molecule has 5 heteroatoms. The standard InChI is InChI=1S/C25H24N2O3/c1-14-8-9-21-15(10-14)24(29)16(13-30-21)23-22-19(11-25(2,3)12-20(22)28)26-17-6-4-5-7-18(17)27-23/h4-10,13,23,26-27H,11-12H2,1-3H3/t23-/m0/s1. The second-order valence-electron chi connectivity index (χ2n) is 9.10. The van der Waals surface area contributed by atoms with E-state index in [9.17, 15) is 9.59 Å². The van der Waals surface area contributed by atoms with Gasteiger partial charge in [0.25, 0.3) is 0 Å². The summed E-state index contributed by atoms with van der Waals surface area (Å²) in [4.78, 5) is 26.7. The van der Waals surface area contributed by atoms with Crippen molar-refractivity contribution in [1.29, 1.82) is 0 Å². The Morgan fingerprint density at radius 2 is 1.80 bits per heavy atom. The molecular formula is C25H24N2O3. The molecule has 0 radical (unpaired) electrons. The maximum absolute atomic E-state index is 13.5. The molecule has 0 bridgehead atoms. The number of carbonyl (C=O) groups is 1. The van der Waals surface area contributed by atoms with Gasteiger partial charge in [-0.1, -0.05) is 37.6 Å². The lowest BCUT2D eigenvalue weighted by Crippen LogP contribution is -2.33. The highest BCUT2D eigenvalue weighted by Crippen LogP contribution is 2.45. The minimum Gasteiger partial charge on any atom is -0.464 e. The molecule has 152 valence electrons. The Bertz CT molecular complexity index is 1280. The van der Waals surface area contributed by atoms with Gasteiger partial charge in [-0.25, -0.2) is 0 Å². The molecule has 2 heterocycles. The van der Waals surface area contributed by atoms with Crippen LogP contribution < -0.4 is 16.1 Å². The molecule has 30 heavy (non-hydrogen) atoms. The first-order chi connectivity index (χ1) is 14.3. The summed E-state index contributed by atoms with van der Waals surface area (Å²) in [5, 5.41) is 7.46. The summed E-state index contributed by atoms with van der Waals surface area (Å²) in [7, 11) is 0. The van der Waals surface area contributed by atoms with Crippen molar-refractivity contribution >= 4 is 28.1 Å². The fourth-order valence-electron chi connectivity index (χ4n) is 4.58. The SMILES string of the molecule is Cc1ccc2occ([C@@H]3Nc4ccccc4NC4=C3C(=O)CC(C)(C)C4)c(=O)c2c1. The Hall–Kier alpha value is -3.34. The Labute approximate surface area is 174 Å². The van der Waals surface area contributed by atoms with Gasteiger partial charge in [0.1, 0.15) is 11.8 Å². The van der Waals surface area contributed by atoms with Gasteiger partial charge in [-0.15, -0.1) is 0 Å². The van der Waals surface area contributed by atoms with E-state index in [0.717, 1.165) is 29.1 Å². The van der Waals surface area contributed by atoms with Crippen molar-refractivity contribution in [3.05, 3.63) is 81.3 Å². The molecule has 0 saturated heterocycles. The van der Waals surface area contributed by atoms with Crippen molar-refractivity contribution < 1.29 is 9.21 Å². The minimum absolute atomic E-state index is 0.0581. The number of aryl methyl sites for hydroxylation is 1. The summed E-state index contributed by atoms with van der Waals surface area (Å²) >= 11 is 0. The molecule has 2 aliphatic rings.